The molecule has 2 nitrogen and oxygen atoms in total. The van der Waals surface area contributed by atoms with Crippen molar-refractivity contribution in [2.75, 3.05) is 0 Å². The van der Waals surface area contributed by atoms with Gasteiger partial charge in [-0.1, -0.05) is 33.3 Å². The highest BCUT2D eigenvalue weighted by molar-refractivity contribution is 5.15. The first-order valence-electron chi connectivity index (χ1n) is 9.09. The van der Waals surface area contributed by atoms with Gasteiger partial charge in [-0.05, 0) is 68.6 Å². The first-order chi connectivity index (χ1) is 10.1. The van der Waals surface area contributed by atoms with Crippen molar-refractivity contribution in [1.82, 2.24) is 0 Å². The lowest BCUT2D eigenvalue weighted by molar-refractivity contribution is -0.281. The Balaban J connectivity index is 1.98. The normalized spacial score (nSPS) is 54.2. The molecule has 0 radical (unpaired) electrons. The van der Waals surface area contributed by atoms with Crippen LogP contribution in [0.2, 0.25) is 0 Å². The second-order valence-electron chi connectivity index (χ2n) is 9.55. The van der Waals surface area contributed by atoms with Gasteiger partial charge in [0.25, 0.3) is 0 Å². The molecule has 0 aromatic carbocycles. The van der Waals surface area contributed by atoms with Crippen molar-refractivity contribution in [3.63, 3.8) is 0 Å². The van der Waals surface area contributed by atoms with E-state index in [9.17, 15) is 5.11 Å². The van der Waals surface area contributed by atoms with E-state index < -0.39 is 11.7 Å². The number of ether oxygens (including phenoxy) is 1. The molecule has 3 aliphatic rings. The Labute approximate surface area is 136 Å². The molecule has 2 aliphatic carbocycles. The molecule has 0 bridgehead atoms. The van der Waals surface area contributed by atoms with Crippen LogP contribution in [0.15, 0.2) is 12.7 Å². The Morgan fingerprint density at radius 2 is 1.73 bits per heavy atom. The van der Waals surface area contributed by atoms with Crippen molar-refractivity contribution in [3.8, 4) is 0 Å². The van der Waals surface area contributed by atoms with Crippen LogP contribution in [0.3, 0.4) is 0 Å². The maximum absolute atomic E-state index is 10.7. The van der Waals surface area contributed by atoms with Crippen LogP contribution in [0.25, 0.3) is 0 Å². The Hall–Kier alpha value is -0.340. The topological polar surface area (TPSA) is 29.5 Å². The predicted octanol–water partition coefficient (Wildman–Crippen LogP) is 4.71. The molecular weight excluding hydrogens is 272 g/mol. The molecule has 3 fully saturated rings. The lowest BCUT2D eigenvalue weighted by Crippen LogP contribution is -2.65. The number of rotatable bonds is 1. The Morgan fingerprint density at radius 1 is 1.05 bits per heavy atom. The van der Waals surface area contributed by atoms with Crippen molar-refractivity contribution < 1.29 is 9.84 Å². The second-order valence-corrected chi connectivity index (χ2v) is 9.55. The van der Waals surface area contributed by atoms with Crippen LogP contribution in [0.4, 0.5) is 0 Å². The van der Waals surface area contributed by atoms with Gasteiger partial charge in [0.05, 0.1) is 11.7 Å². The summed E-state index contributed by atoms with van der Waals surface area (Å²) < 4.78 is 6.54. The minimum absolute atomic E-state index is 0.124. The zero-order valence-electron chi connectivity index (χ0n) is 15.1. The summed E-state index contributed by atoms with van der Waals surface area (Å²) in [5.41, 5.74) is -0.0177. The molecule has 0 unspecified atom stereocenters. The summed E-state index contributed by atoms with van der Waals surface area (Å²) in [5.74, 6) is 1.19. The smallest absolute Gasteiger partial charge is 0.110 e. The first kappa shape index (κ1) is 16.5. The van der Waals surface area contributed by atoms with Crippen LogP contribution >= 0.6 is 0 Å². The Kier molecular flexibility index (Phi) is 3.63. The molecule has 6 atom stereocenters. The molecule has 22 heavy (non-hydrogen) atoms. The molecule has 0 amide bonds. The number of aliphatic hydroxyl groups is 1. The van der Waals surface area contributed by atoms with E-state index in [4.69, 9.17) is 4.74 Å². The van der Waals surface area contributed by atoms with Crippen LogP contribution in [0.5, 0.6) is 0 Å². The van der Waals surface area contributed by atoms with Crippen molar-refractivity contribution in [3.05, 3.63) is 12.7 Å². The maximum Gasteiger partial charge on any atom is 0.110 e. The van der Waals surface area contributed by atoms with Crippen LogP contribution < -0.4 is 0 Å². The molecule has 2 saturated carbocycles. The summed E-state index contributed by atoms with van der Waals surface area (Å²) >= 11 is 0. The maximum atomic E-state index is 10.7. The fourth-order valence-corrected chi connectivity index (χ4v) is 6.45. The van der Waals surface area contributed by atoms with Gasteiger partial charge in [0, 0.05) is 0 Å². The molecule has 3 rings (SSSR count). The average molecular weight is 306 g/mol. The van der Waals surface area contributed by atoms with Crippen molar-refractivity contribution in [2.24, 2.45) is 22.7 Å². The summed E-state index contributed by atoms with van der Waals surface area (Å²) in [5, 5.41) is 10.7. The monoisotopic (exact) mass is 306 g/mol. The number of hydrogen-bond donors (Lipinski definition) is 1. The van der Waals surface area contributed by atoms with Crippen LogP contribution in [0.1, 0.15) is 73.1 Å². The van der Waals surface area contributed by atoms with E-state index in [0.717, 1.165) is 18.8 Å². The zero-order valence-corrected chi connectivity index (χ0v) is 15.1. The van der Waals surface area contributed by atoms with Crippen molar-refractivity contribution in [1.29, 1.82) is 0 Å². The zero-order chi connectivity index (χ0) is 16.4. The van der Waals surface area contributed by atoms with E-state index in [1.54, 1.807) is 6.08 Å². The van der Waals surface area contributed by atoms with Crippen LogP contribution in [-0.2, 0) is 4.74 Å². The van der Waals surface area contributed by atoms with E-state index in [-0.39, 0.29) is 11.0 Å². The van der Waals surface area contributed by atoms with E-state index in [2.05, 4.69) is 34.3 Å². The summed E-state index contributed by atoms with van der Waals surface area (Å²) in [6, 6.07) is 0. The highest BCUT2D eigenvalue weighted by Gasteiger charge is 2.62. The van der Waals surface area contributed by atoms with Crippen molar-refractivity contribution in [2.45, 2.75) is 90.4 Å². The van der Waals surface area contributed by atoms with Gasteiger partial charge < -0.3 is 9.84 Å². The van der Waals surface area contributed by atoms with E-state index in [0.29, 0.717) is 11.3 Å². The quantitative estimate of drug-likeness (QED) is 0.711. The molecule has 126 valence electrons. The van der Waals surface area contributed by atoms with Gasteiger partial charge in [-0.2, -0.15) is 0 Å². The standard InChI is InChI=1S/C20H34O2/c1-7-19(5)16(21)13-15-18(4)11-8-10-17(2,3)14(18)9-12-20(15,6)22-19/h7,14-16,21H,1,8-13H2,2-6H3/t14-,15+,16+,18-,19-,20+/m0/s1. The Bertz CT molecular complexity index is 470. The molecule has 1 saturated heterocycles. The summed E-state index contributed by atoms with van der Waals surface area (Å²) in [7, 11) is 0. The van der Waals surface area contributed by atoms with Crippen molar-refractivity contribution >= 4 is 0 Å². The third-order valence-corrected chi connectivity index (χ3v) is 7.72. The largest absolute Gasteiger partial charge is 0.390 e. The summed E-state index contributed by atoms with van der Waals surface area (Å²) in [6.07, 6.45) is 8.50. The first-order valence-corrected chi connectivity index (χ1v) is 9.09. The lowest BCUT2D eigenvalue weighted by atomic mass is 9.44. The van der Waals surface area contributed by atoms with E-state index in [1.807, 2.05) is 6.92 Å². The van der Waals surface area contributed by atoms with Gasteiger partial charge in [0.15, 0.2) is 0 Å². The minimum atomic E-state index is -0.599. The molecule has 1 N–H and O–H groups in total. The van der Waals surface area contributed by atoms with Gasteiger partial charge in [-0.3, -0.25) is 0 Å². The summed E-state index contributed by atoms with van der Waals surface area (Å²) in [4.78, 5) is 0. The molecule has 2 heteroatoms. The molecule has 0 aromatic heterocycles. The average Bonchev–Trinajstić information content (AvgIpc) is 2.40. The predicted molar refractivity (Wildman–Crippen MR) is 90.7 cm³/mol. The van der Waals surface area contributed by atoms with Gasteiger partial charge in [0.1, 0.15) is 5.60 Å². The van der Waals surface area contributed by atoms with Crippen LogP contribution in [0, 0.1) is 22.7 Å². The molecule has 1 aliphatic heterocycles. The molecule has 0 spiro atoms. The number of aliphatic hydroxyl groups excluding tert-OH is 1. The number of hydrogen-bond acceptors (Lipinski definition) is 2. The van der Waals surface area contributed by atoms with Gasteiger partial charge in [0.2, 0.25) is 0 Å². The van der Waals surface area contributed by atoms with Gasteiger partial charge in [-0.15, -0.1) is 6.58 Å². The lowest BCUT2D eigenvalue weighted by Gasteiger charge is -2.65. The third kappa shape index (κ3) is 2.13. The van der Waals surface area contributed by atoms with Gasteiger partial charge in [-0.25, -0.2) is 0 Å². The fourth-order valence-electron chi connectivity index (χ4n) is 6.45. The third-order valence-electron chi connectivity index (χ3n) is 7.72. The number of fused-ring (bicyclic) bond motifs is 3. The second kappa shape index (κ2) is 4.83. The van der Waals surface area contributed by atoms with E-state index in [1.165, 1.54) is 25.7 Å². The van der Waals surface area contributed by atoms with Gasteiger partial charge >= 0.3 is 0 Å². The fraction of sp³-hybridized carbons (Fsp3) is 0.900. The van der Waals surface area contributed by atoms with Crippen LogP contribution in [-0.4, -0.2) is 22.4 Å². The highest BCUT2D eigenvalue weighted by Crippen LogP contribution is 2.65. The van der Waals surface area contributed by atoms with E-state index >= 15 is 0 Å². The Morgan fingerprint density at radius 3 is 2.36 bits per heavy atom. The highest BCUT2D eigenvalue weighted by atomic mass is 16.5. The molecular formula is C20H34O2. The molecule has 1 heterocycles. The summed E-state index contributed by atoms with van der Waals surface area (Å²) in [6.45, 7) is 15.6. The molecule has 0 aromatic rings. The minimum Gasteiger partial charge on any atom is -0.390 e. The SMILES string of the molecule is C=C[C@]1(C)O[C@]2(C)CC[C@H]3C(C)(C)CCC[C@]3(C)[C@H]2C[C@H]1O.